The zero-order valence-electron chi connectivity index (χ0n) is 10.0. The molecule has 0 aliphatic heterocycles. The first kappa shape index (κ1) is 12.5. The average Bonchev–Trinajstić information content (AvgIpc) is 2.88. The molecule has 0 radical (unpaired) electrons. The van der Waals surface area contributed by atoms with Gasteiger partial charge in [-0.25, -0.2) is 9.97 Å². The lowest BCUT2D eigenvalue weighted by atomic mass is 10.3. The van der Waals surface area contributed by atoms with Crippen molar-refractivity contribution >= 4 is 23.0 Å². The monoisotopic (exact) mass is 262 g/mol. The van der Waals surface area contributed by atoms with Crippen LogP contribution in [0.3, 0.4) is 0 Å². The van der Waals surface area contributed by atoms with Gasteiger partial charge in [0.2, 0.25) is 0 Å². The maximum absolute atomic E-state index is 5.66. The molecule has 0 aromatic carbocycles. The number of furan rings is 1. The Morgan fingerprint density at radius 2 is 2.22 bits per heavy atom. The van der Waals surface area contributed by atoms with E-state index < -0.39 is 0 Å². The van der Waals surface area contributed by atoms with Gasteiger partial charge >= 0.3 is 0 Å². The van der Waals surface area contributed by atoms with Crippen LogP contribution in [0, 0.1) is 0 Å². The number of anilines is 1. The van der Waals surface area contributed by atoms with Gasteiger partial charge in [0.05, 0.1) is 12.8 Å². The second kappa shape index (κ2) is 5.59. The smallest absolute Gasteiger partial charge is 0.158 e. The molecule has 0 aliphatic rings. The number of hydrogen-bond acceptors (Lipinski definition) is 5. The first-order chi connectivity index (χ1) is 8.72. The molecule has 0 saturated heterocycles. The zero-order chi connectivity index (χ0) is 13.0. The predicted molar refractivity (Wildman–Crippen MR) is 73.4 cm³/mol. The van der Waals surface area contributed by atoms with Crippen LogP contribution < -0.4 is 10.6 Å². The molecule has 2 N–H and O–H groups in total. The highest BCUT2D eigenvalue weighted by Gasteiger charge is 2.15. The summed E-state index contributed by atoms with van der Waals surface area (Å²) in [5.41, 5.74) is 6.20. The van der Waals surface area contributed by atoms with Crippen LogP contribution in [-0.4, -0.2) is 21.5 Å². The summed E-state index contributed by atoms with van der Waals surface area (Å²) in [4.78, 5) is 10.7. The number of hydrogen-bond donors (Lipinski definition) is 1. The molecule has 0 fully saturated rings. The second-order valence-corrected chi connectivity index (χ2v) is 4.13. The van der Waals surface area contributed by atoms with Gasteiger partial charge in [-0.05, 0) is 19.1 Å². The fourth-order valence-corrected chi connectivity index (χ4v) is 1.81. The van der Waals surface area contributed by atoms with E-state index >= 15 is 0 Å². The first-order valence-electron chi connectivity index (χ1n) is 5.60. The van der Waals surface area contributed by atoms with Crippen molar-refractivity contribution in [1.82, 2.24) is 9.97 Å². The summed E-state index contributed by atoms with van der Waals surface area (Å²) in [5, 5.41) is 0. The Bertz CT molecular complexity index is 527. The maximum Gasteiger partial charge on any atom is 0.158 e. The number of thiocarbonyl (C=S) groups is 1. The summed E-state index contributed by atoms with van der Waals surface area (Å²) < 4.78 is 5.33. The SMILES string of the molecule is CCN(Cc1ccco1)c1nccnc1C(N)=S. The third kappa shape index (κ3) is 2.65. The third-order valence-electron chi connectivity index (χ3n) is 2.52. The molecule has 94 valence electrons. The molecule has 2 rings (SSSR count). The van der Waals surface area contributed by atoms with Crippen molar-refractivity contribution in [2.24, 2.45) is 5.73 Å². The Morgan fingerprint density at radius 3 is 2.83 bits per heavy atom. The highest BCUT2D eigenvalue weighted by atomic mass is 32.1. The Hall–Kier alpha value is -1.95. The van der Waals surface area contributed by atoms with Gasteiger partial charge < -0.3 is 15.1 Å². The topological polar surface area (TPSA) is 68.2 Å². The third-order valence-corrected chi connectivity index (χ3v) is 2.71. The lowest BCUT2D eigenvalue weighted by Gasteiger charge is -2.22. The zero-order valence-corrected chi connectivity index (χ0v) is 10.9. The van der Waals surface area contributed by atoms with Crippen LogP contribution in [0.25, 0.3) is 0 Å². The Balaban J connectivity index is 2.30. The van der Waals surface area contributed by atoms with E-state index in [1.807, 2.05) is 24.0 Å². The quantitative estimate of drug-likeness (QED) is 0.828. The molecule has 0 atom stereocenters. The predicted octanol–water partition coefficient (Wildman–Crippen LogP) is 1.73. The number of rotatable bonds is 5. The molecule has 0 unspecified atom stereocenters. The summed E-state index contributed by atoms with van der Waals surface area (Å²) in [6.45, 7) is 3.40. The molecule has 2 heterocycles. The van der Waals surface area contributed by atoms with E-state index in [0.717, 1.165) is 12.3 Å². The van der Waals surface area contributed by atoms with Gasteiger partial charge in [0.15, 0.2) is 5.82 Å². The van der Waals surface area contributed by atoms with E-state index in [-0.39, 0.29) is 4.99 Å². The molecular formula is C12H14N4OS. The summed E-state index contributed by atoms with van der Waals surface area (Å²) in [6.07, 6.45) is 4.86. The van der Waals surface area contributed by atoms with Crippen LogP contribution >= 0.6 is 12.2 Å². The van der Waals surface area contributed by atoms with Crippen LogP contribution in [0.4, 0.5) is 5.82 Å². The molecule has 0 spiro atoms. The van der Waals surface area contributed by atoms with Crippen LogP contribution in [0.1, 0.15) is 18.4 Å². The van der Waals surface area contributed by atoms with E-state index in [1.165, 1.54) is 0 Å². The molecule has 0 aliphatic carbocycles. The summed E-state index contributed by atoms with van der Waals surface area (Å²) >= 11 is 4.99. The van der Waals surface area contributed by atoms with Gasteiger partial charge in [0, 0.05) is 18.9 Å². The van der Waals surface area contributed by atoms with Gasteiger partial charge in [-0.15, -0.1) is 0 Å². The van der Waals surface area contributed by atoms with E-state index in [0.29, 0.717) is 18.1 Å². The fraction of sp³-hybridized carbons (Fsp3) is 0.250. The number of nitrogens with zero attached hydrogens (tertiary/aromatic N) is 3. The van der Waals surface area contributed by atoms with Crippen molar-refractivity contribution in [2.45, 2.75) is 13.5 Å². The highest BCUT2D eigenvalue weighted by Crippen LogP contribution is 2.17. The first-order valence-corrected chi connectivity index (χ1v) is 6.01. The molecular weight excluding hydrogens is 248 g/mol. The van der Waals surface area contributed by atoms with E-state index in [9.17, 15) is 0 Å². The van der Waals surface area contributed by atoms with Crippen molar-refractivity contribution in [3.63, 3.8) is 0 Å². The van der Waals surface area contributed by atoms with Crippen molar-refractivity contribution in [2.75, 3.05) is 11.4 Å². The minimum absolute atomic E-state index is 0.246. The van der Waals surface area contributed by atoms with Gasteiger partial charge in [-0.3, -0.25) is 0 Å². The van der Waals surface area contributed by atoms with Crippen LogP contribution in [-0.2, 0) is 6.54 Å². The maximum atomic E-state index is 5.66. The molecule has 0 amide bonds. The number of aromatic nitrogens is 2. The van der Waals surface area contributed by atoms with Crippen molar-refractivity contribution in [3.05, 3.63) is 42.2 Å². The molecule has 2 aromatic rings. The lowest BCUT2D eigenvalue weighted by molar-refractivity contribution is 0.502. The molecule has 2 aromatic heterocycles. The van der Waals surface area contributed by atoms with E-state index in [4.69, 9.17) is 22.4 Å². The molecule has 5 nitrogen and oxygen atoms in total. The van der Waals surface area contributed by atoms with Crippen LogP contribution in [0.15, 0.2) is 35.2 Å². The van der Waals surface area contributed by atoms with Crippen LogP contribution in [0.2, 0.25) is 0 Å². The highest BCUT2D eigenvalue weighted by molar-refractivity contribution is 7.80. The van der Waals surface area contributed by atoms with E-state index in [2.05, 4.69) is 9.97 Å². The standard InChI is InChI=1S/C12H14N4OS/c1-2-16(8-9-4-3-7-17-9)12-10(11(13)18)14-5-6-15-12/h3-7H,2,8H2,1H3,(H2,13,18). The van der Waals surface area contributed by atoms with Gasteiger partial charge in [-0.1, -0.05) is 12.2 Å². The summed E-state index contributed by atoms with van der Waals surface area (Å²) in [5.74, 6) is 1.54. The molecule has 0 saturated carbocycles. The van der Waals surface area contributed by atoms with Crippen molar-refractivity contribution in [3.8, 4) is 0 Å². The Morgan fingerprint density at radius 1 is 1.44 bits per heavy atom. The summed E-state index contributed by atoms with van der Waals surface area (Å²) in [6, 6.07) is 3.77. The lowest BCUT2D eigenvalue weighted by Crippen LogP contribution is -2.27. The second-order valence-electron chi connectivity index (χ2n) is 3.69. The van der Waals surface area contributed by atoms with Gasteiger partial charge in [-0.2, -0.15) is 0 Å². The van der Waals surface area contributed by atoms with Crippen molar-refractivity contribution < 1.29 is 4.42 Å². The minimum Gasteiger partial charge on any atom is -0.467 e. The number of nitrogens with two attached hydrogens (primary N) is 1. The van der Waals surface area contributed by atoms with Gasteiger partial charge in [0.25, 0.3) is 0 Å². The minimum atomic E-state index is 0.246. The Labute approximate surface area is 111 Å². The Kier molecular flexibility index (Phi) is 3.88. The normalized spacial score (nSPS) is 10.3. The molecule has 18 heavy (non-hydrogen) atoms. The van der Waals surface area contributed by atoms with Crippen molar-refractivity contribution in [1.29, 1.82) is 0 Å². The molecule has 0 bridgehead atoms. The van der Waals surface area contributed by atoms with E-state index in [1.54, 1.807) is 18.7 Å². The molecule has 6 heteroatoms. The van der Waals surface area contributed by atoms with Crippen LogP contribution in [0.5, 0.6) is 0 Å². The average molecular weight is 262 g/mol. The fourth-order valence-electron chi connectivity index (χ4n) is 1.66. The largest absolute Gasteiger partial charge is 0.467 e. The van der Waals surface area contributed by atoms with Gasteiger partial charge in [0.1, 0.15) is 16.4 Å². The summed E-state index contributed by atoms with van der Waals surface area (Å²) in [7, 11) is 0.